The molecule has 0 unspecified atom stereocenters. The number of hydrogen-bond donors (Lipinski definition) is 1. The fraction of sp³-hybridized carbons (Fsp3) is 0.273. The van der Waals surface area contributed by atoms with Gasteiger partial charge in [-0.25, -0.2) is 4.68 Å². The number of aryl methyl sites for hydroxylation is 1. The Kier molecular flexibility index (Phi) is 4.52. The molecule has 0 saturated heterocycles. The second kappa shape index (κ2) is 5.92. The Morgan fingerprint density at radius 2 is 2.24 bits per heavy atom. The number of rotatable bonds is 4. The van der Waals surface area contributed by atoms with Gasteiger partial charge in [-0.1, -0.05) is 5.21 Å². The van der Waals surface area contributed by atoms with Gasteiger partial charge in [0.2, 0.25) is 0 Å². The third-order valence-electron chi connectivity index (χ3n) is 2.29. The van der Waals surface area contributed by atoms with Crippen LogP contribution in [0.25, 0.3) is 5.69 Å². The van der Waals surface area contributed by atoms with Crippen LogP contribution in [0.2, 0.25) is 0 Å². The topological polar surface area (TPSA) is 50.9 Å². The molecule has 90 valence electrons. The van der Waals surface area contributed by atoms with E-state index in [0.717, 1.165) is 25.8 Å². The number of benzene rings is 1. The van der Waals surface area contributed by atoms with E-state index in [1.54, 1.807) is 4.68 Å². The van der Waals surface area contributed by atoms with Crippen LogP contribution in [0.15, 0.2) is 28.9 Å². The Morgan fingerprint density at radius 1 is 1.41 bits per heavy atom. The minimum absolute atomic E-state index is 0.180. The summed E-state index contributed by atoms with van der Waals surface area (Å²) in [6.45, 7) is 0.180. The zero-order valence-electron chi connectivity index (χ0n) is 8.98. The molecule has 2 rings (SSSR count). The van der Waals surface area contributed by atoms with Crippen molar-refractivity contribution in [2.45, 2.75) is 12.8 Å². The molecule has 0 atom stereocenters. The van der Waals surface area contributed by atoms with Crippen molar-refractivity contribution in [3.63, 3.8) is 0 Å². The molecular formula is C11H11BrIN3O. The lowest BCUT2D eigenvalue weighted by molar-refractivity contribution is 0.288. The van der Waals surface area contributed by atoms with Crippen LogP contribution in [0.5, 0.6) is 0 Å². The van der Waals surface area contributed by atoms with Gasteiger partial charge in [0, 0.05) is 14.6 Å². The molecule has 0 aliphatic carbocycles. The maximum atomic E-state index is 8.77. The van der Waals surface area contributed by atoms with Gasteiger partial charge in [0.05, 0.1) is 17.6 Å². The molecule has 1 aromatic carbocycles. The summed E-state index contributed by atoms with van der Waals surface area (Å²) in [6.07, 6.45) is 3.36. The summed E-state index contributed by atoms with van der Waals surface area (Å²) in [6, 6.07) is 6.05. The van der Waals surface area contributed by atoms with Crippen LogP contribution in [0.3, 0.4) is 0 Å². The Labute approximate surface area is 121 Å². The summed E-state index contributed by atoms with van der Waals surface area (Å²) >= 11 is 5.76. The van der Waals surface area contributed by atoms with E-state index >= 15 is 0 Å². The second-order valence-corrected chi connectivity index (χ2v) is 5.68. The second-order valence-electron chi connectivity index (χ2n) is 3.58. The Hall–Kier alpha value is -0.470. The lowest BCUT2D eigenvalue weighted by Crippen LogP contribution is -1.96. The van der Waals surface area contributed by atoms with Crippen LogP contribution < -0.4 is 0 Å². The van der Waals surface area contributed by atoms with Crippen molar-refractivity contribution in [1.82, 2.24) is 15.0 Å². The van der Waals surface area contributed by atoms with E-state index < -0.39 is 0 Å². The molecule has 2 aromatic rings. The monoisotopic (exact) mass is 407 g/mol. The largest absolute Gasteiger partial charge is 0.396 e. The first-order chi connectivity index (χ1) is 8.20. The standard InChI is InChI=1S/C11H11BrIN3O/c12-10-4-3-8(13)6-11(10)16-7-9(14-15-16)2-1-5-17/h3-4,6-7,17H,1-2,5H2. The number of nitrogens with zero attached hydrogens (tertiary/aromatic N) is 3. The van der Waals surface area contributed by atoms with Crippen LogP contribution in [0.4, 0.5) is 0 Å². The zero-order chi connectivity index (χ0) is 12.3. The molecule has 0 amide bonds. The highest BCUT2D eigenvalue weighted by molar-refractivity contribution is 14.1. The van der Waals surface area contributed by atoms with Crippen molar-refractivity contribution in [2.24, 2.45) is 0 Å². The fourth-order valence-corrected chi connectivity index (χ4v) is 2.36. The van der Waals surface area contributed by atoms with Gasteiger partial charge in [-0.05, 0) is 69.6 Å². The Morgan fingerprint density at radius 3 is 3.00 bits per heavy atom. The molecule has 0 spiro atoms. The van der Waals surface area contributed by atoms with Crippen molar-refractivity contribution < 1.29 is 5.11 Å². The minimum Gasteiger partial charge on any atom is -0.396 e. The predicted octanol–water partition coefficient (Wildman–Crippen LogP) is 2.56. The first kappa shape index (κ1) is 13.0. The highest BCUT2D eigenvalue weighted by Crippen LogP contribution is 2.22. The maximum absolute atomic E-state index is 8.77. The van der Waals surface area contributed by atoms with E-state index in [0.29, 0.717) is 6.42 Å². The highest BCUT2D eigenvalue weighted by atomic mass is 127. The molecule has 4 nitrogen and oxygen atoms in total. The van der Waals surface area contributed by atoms with E-state index in [9.17, 15) is 0 Å². The number of aliphatic hydroxyl groups excluding tert-OH is 1. The fourth-order valence-electron chi connectivity index (χ4n) is 1.45. The van der Waals surface area contributed by atoms with Crippen LogP contribution in [0.1, 0.15) is 12.1 Å². The van der Waals surface area contributed by atoms with E-state index in [-0.39, 0.29) is 6.61 Å². The van der Waals surface area contributed by atoms with Crippen LogP contribution in [-0.2, 0) is 6.42 Å². The van der Waals surface area contributed by atoms with Crippen molar-refractivity contribution >= 4 is 38.5 Å². The molecule has 0 fully saturated rings. The third kappa shape index (κ3) is 3.26. The van der Waals surface area contributed by atoms with Crippen molar-refractivity contribution in [3.8, 4) is 5.69 Å². The van der Waals surface area contributed by atoms with Crippen molar-refractivity contribution in [1.29, 1.82) is 0 Å². The smallest absolute Gasteiger partial charge is 0.0832 e. The highest BCUT2D eigenvalue weighted by Gasteiger charge is 2.06. The van der Waals surface area contributed by atoms with Crippen molar-refractivity contribution in [2.75, 3.05) is 6.61 Å². The molecule has 1 aromatic heterocycles. The molecule has 6 heteroatoms. The summed E-state index contributed by atoms with van der Waals surface area (Å²) in [5, 5.41) is 16.9. The first-order valence-electron chi connectivity index (χ1n) is 5.18. The van der Waals surface area contributed by atoms with Crippen LogP contribution >= 0.6 is 38.5 Å². The van der Waals surface area contributed by atoms with Gasteiger partial charge in [0.15, 0.2) is 0 Å². The maximum Gasteiger partial charge on any atom is 0.0832 e. The van der Waals surface area contributed by atoms with Gasteiger partial charge >= 0.3 is 0 Å². The van der Waals surface area contributed by atoms with E-state index in [2.05, 4.69) is 48.8 Å². The van der Waals surface area contributed by atoms with Gasteiger partial charge in [-0.3, -0.25) is 0 Å². The third-order valence-corrected chi connectivity index (χ3v) is 3.63. The Bertz CT molecular complexity index is 515. The lowest BCUT2D eigenvalue weighted by atomic mass is 10.2. The summed E-state index contributed by atoms with van der Waals surface area (Å²) in [5.74, 6) is 0. The number of aliphatic hydroxyl groups is 1. The average Bonchev–Trinajstić information content (AvgIpc) is 2.78. The quantitative estimate of drug-likeness (QED) is 0.792. The summed E-state index contributed by atoms with van der Waals surface area (Å²) in [4.78, 5) is 0. The van der Waals surface area contributed by atoms with Gasteiger partial charge in [0.25, 0.3) is 0 Å². The lowest BCUT2D eigenvalue weighted by Gasteiger charge is -2.03. The molecule has 0 radical (unpaired) electrons. The van der Waals surface area contributed by atoms with E-state index in [1.807, 2.05) is 24.4 Å². The van der Waals surface area contributed by atoms with Crippen LogP contribution in [0, 0.1) is 3.57 Å². The molecule has 17 heavy (non-hydrogen) atoms. The summed E-state index contributed by atoms with van der Waals surface area (Å²) < 4.78 is 3.88. The molecule has 0 aliphatic rings. The molecule has 1 heterocycles. The number of halogens is 2. The van der Waals surface area contributed by atoms with Gasteiger partial charge in [-0.15, -0.1) is 5.10 Å². The van der Waals surface area contributed by atoms with Crippen molar-refractivity contribution in [3.05, 3.63) is 38.1 Å². The Balaban J connectivity index is 2.27. The predicted molar refractivity (Wildman–Crippen MR) is 77.2 cm³/mol. The normalized spacial score (nSPS) is 10.8. The van der Waals surface area contributed by atoms with Gasteiger partial charge in [-0.2, -0.15) is 0 Å². The zero-order valence-corrected chi connectivity index (χ0v) is 12.7. The number of aromatic nitrogens is 3. The van der Waals surface area contributed by atoms with Gasteiger partial charge < -0.3 is 5.11 Å². The van der Waals surface area contributed by atoms with E-state index in [1.165, 1.54) is 0 Å². The molecule has 1 N–H and O–H groups in total. The molecular weight excluding hydrogens is 397 g/mol. The van der Waals surface area contributed by atoms with E-state index in [4.69, 9.17) is 5.11 Å². The minimum atomic E-state index is 0.180. The number of hydrogen-bond acceptors (Lipinski definition) is 3. The molecule has 0 aliphatic heterocycles. The van der Waals surface area contributed by atoms with Gasteiger partial charge in [0.1, 0.15) is 0 Å². The van der Waals surface area contributed by atoms with Crippen LogP contribution in [-0.4, -0.2) is 26.7 Å². The summed E-state index contributed by atoms with van der Waals surface area (Å²) in [7, 11) is 0. The first-order valence-corrected chi connectivity index (χ1v) is 7.05. The molecule has 0 saturated carbocycles. The summed E-state index contributed by atoms with van der Waals surface area (Å²) in [5.41, 5.74) is 1.87. The average molecular weight is 408 g/mol. The SMILES string of the molecule is OCCCc1cn(-c2cc(I)ccc2Br)nn1. The molecule has 0 bridgehead atoms.